The number of alkyl halides is 3. The van der Waals surface area contributed by atoms with Crippen molar-refractivity contribution in [1.82, 2.24) is 19.7 Å². The summed E-state index contributed by atoms with van der Waals surface area (Å²) in [7, 11) is 0. The van der Waals surface area contributed by atoms with Gasteiger partial charge in [-0.1, -0.05) is 41.9 Å². The van der Waals surface area contributed by atoms with Crippen molar-refractivity contribution < 1.29 is 27.9 Å². The SMILES string of the molecule is O=C(Nc1ccccc1)c1nnc2n1CC1CN(Cc3ccc(Cl)cc3)CC1C2.O=C(O)C(F)(F)F. The summed E-state index contributed by atoms with van der Waals surface area (Å²) >= 11 is 6.00. The topological polar surface area (TPSA) is 100 Å². The highest BCUT2D eigenvalue weighted by molar-refractivity contribution is 6.30. The molecule has 12 heteroatoms. The molecule has 190 valence electrons. The number of halogens is 4. The molecular formula is C24H23ClF3N5O3. The fourth-order valence-corrected chi connectivity index (χ4v) is 4.60. The number of para-hydroxylation sites is 1. The Kier molecular flexibility index (Phi) is 7.60. The number of amides is 1. The molecule has 2 atom stereocenters. The molecule has 2 N–H and O–H groups in total. The Morgan fingerprint density at radius 1 is 1.00 bits per heavy atom. The second kappa shape index (κ2) is 10.7. The third-order valence-electron chi connectivity index (χ3n) is 6.14. The summed E-state index contributed by atoms with van der Waals surface area (Å²) in [6.45, 7) is 3.78. The number of nitrogens with one attached hydrogen (secondary N) is 1. The first-order chi connectivity index (χ1) is 17.1. The van der Waals surface area contributed by atoms with Gasteiger partial charge in [0.1, 0.15) is 5.82 Å². The van der Waals surface area contributed by atoms with Gasteiger partial charge in [0.2, 0.25) is 5.82 Å². The first-order valence-corrected chi connectivity index (χ1v) is 11.5. The highest BCUT2D eigenvalue weighted by Gasteiger charge is 2.39. The Morgan fingerprint density at radius 2 is 1.64 bits per heavy atom. The number of benzene rings is 2. The molecule has 1 aromatic heterocycles. The molecule has 2 aliphatic rings. The first kappa shape index (κ1) is 25.6. The number of carboxylic acid groups (broad SMARTS) is 1. The monoisotopic (exact) mass is 521 g/mol. The van der Waals surface area contributed by atoms with E-state index < -0.39 is 12.1 Å². The van der Waals surface area contributed by atoms with Crippen LogP contribution in [0.25, 0.3) is 0 Å². The number of nitrogens with zero attached hydrogens (tertiary/aromatic N) is 4. The van der Waals surface area contributed by atoms with Crippen LogP contribution in [0.4, 0.5) is 18.9 Å². The number of carboxylic acids is 1. The van der Waals surface area contributed by atoms with Gasteiger partial charge in [0.15, 0.2) is 0 Å². The summed E-state index contributed by atoms with van der Waals surface area (Å²) in [5, 5.41) is 19.3. The fourth-order valence-electron chi connectivity index (χ4n) is 4.47. The van der Waals surface area contributed by atoms with Crippen LogP contribution in [0.3, 0.4) is 0 Å². The number of fused-ring (bicyclic) bond motifs is 2. The van der Waals surface area contributed by atoms with Crippen molar-refractivity contribution in [2.75, 3.05) is 18.4 Å². The van der Waals surface area contributed by atoms with Crippen LogP contribution in [-0.2, 0) is 24.3 Å². The standard InChI is InChI=1S/C22H22ClN5O.C2HF3O2/c23-18-8-6-15(7-9-18)11-27-12-16-10-20-25-26-21(28(20)14-17(16)13-27)22(29)24-19-4-2-1-3-5-19;3-2(4,5)1(6)7/h1-9,16-17H,10-14H2,(H,24,29);(H,6,7). The second-order valence-corrected chi connectivity index (χ2v) is 9.15. The average molecular weight is 522 g/mol. The van der Waals surface area contributed by atoms with Crippen LogP contribution < -0.4 is 5.32 Å². The van der Waals surface area contributed by atoms with Gasteiger partial charge in [0.25, 0.3) is 5.91 Å². The van der Waals surface area contributed by atoms with E-state index in [1.54, 1.807) is 0 Å². The van der Waals surface area contributed by atoms with Gasteiger partial charge in [-0.3, -0.25) is 9.69 Å². The van der Waals surface area contributed by atoms with Crippen molar-refractivity contribution in [3.05, 3.63) is 76.8 Å². The van der Waals surface area contributed by atoms with Crippen LogP contribution in [0.15, 0.2) is 54.6 Å². The number of hydrogen-bond acceptors (Lipinski definition) is 5. The molecule has 3 heterocycles. The summed E-state index contributed by atoms with van der Waals surface area (Å²) in [5.74, 6) is -0.578. The molecule has 2 aliphatic heterocycles. The number of rotatable bonds is 4. The third-order valence-corrected chi connectivity index (χ3v) is 6.39. The molecule has 2 aromatic carbocycles. The van der Waals surface area contributed by atoms with Crippen LogP contribution >= 0.6 is 11.6 Å². The summed E-state index contributed by atoms with van der Waals surface area (Å²) in [6.07, 6.45) is -4.21. The molecule has 1 saturated heterocycles. The largest absolute Gasteiger partial charge is 0.490 e. The van der Waals surface area contributed by atoms with E-state index >= 15 is 0 Å². The lowest BCUT2D eigenvalue weighted by atomic mass is 9.89. The molecule has 1 amide bonds. The van der Waals surface area contributed by atoms with Gasteiger partial charge in [-0.25, -0.2) is 4.79 Å². The minimum Gasteiger partial charge on any atom is -0.475 e. The summed E-state index contributed by atoms with van der Waals surface area (Å²) in [6, 6.07) is 17.5. The van der Waals surface area contributed by atoms with Crippen LogP contribution in [0, 0.1) is 11.8 Å². The highest BCUT2D eigenvalue weighted by atomic mass is 35.5. The highest BCUT2D eigenvalue weighted by Crippen LogP contribution is 2.33. The molecule has 0 spiro atoms. The zero-order chi connectivity index (χ0) is 25.9. The van der Waals surface area contributed by atoms with Crippen molar-refractivity contribution in [1.29, 1.82) is 0 Å². The maximum atomic E-state index is 12.7. The Bertz CT molecular complexity index is 1220. The molecule has 0 saturated carbocycles. The molecule has 1 fully saturated rings. The molecule has 5 rings (SSSR count). The first-order valence-electron chi connectivity index (χ1n) is 11.2. The molecule has 36 heavy (non-hydrogen) atoms. The van der Waals surface area contributed by atoms with Gasteiger partial charge in [0.05, 0.1) is 0 Å². The predicted octanol–water partition coefficient (Wildman–Crippen LogP) is 4.12. The molecule has 0 radical (unpaired) electrons. The quantitative estimate of drug-likeness (QED) is 0.536. The fraction of sp³-hybridized carbons (Fsp3) is 0.333. The number of hydrogen-bond donors (Lipinski definition) is 2. The number of carbonyl (C=O) groups excluding carboxylic acids is 1. The zero-order valence-corrected chi connectivity index (χ0v) is 19.7. The Labute approximate surface area is 209 Å². The third kappa shape index (κ3) is 6.21. The van der Waals surface area contributed by atoms with Gasteiger partial charge in [-0.05, 0) is 41.7 Å². The normalized spacial score (nSPS) is 19.0. The lowest BCUT2D eigenvalue weighted by Gasteiger charge is -2.25. The second-order valence-electron chi connectivity index (χ2n) is 8.72. The van der Waals surface area contributed by atoms with Crippen molar-refractivity contribution in [2.45, 2.75) is 25.7 Å². The maximum absolute atomic E-state index is 12.7. The smallest absolute Gasteiger partial charge is 0.475 e. The maximum Gasteiger partial charge on any atom is 0.490 e. The van der Waals surface area contributed by atoms with Gasteiger partial charge < -0.3 is 15.0 Å². The van der Waals surface area contributed by atoms with Crippen molar-refractivity contribution in [2.24, 2.45) is 11.8 Å². The van der Waals surface area contributed by atoms with Crippen LogP contribution in [0.2, 0.25) is 5.02 Å². The number of aliphatic carboxylic acids is 1. The summed E-state index contributed by atoms with van der Waals surface area (Å²) < 4.78 is 33.7. The molecule has 2 unspecified atom stereocenters. The Balaban J connectivity index is 0.000000384. The van der Waals surface area contributed by atoms with E-state index in [1.165, 1.54) is 5.56 Å². The predicted molar refractivity (Wildman–Crippen MR) is 126 cm³/mol. The van der Waals surface area contributed by atoms with E-state index in [2.05, 4.69) is 32.5 Å². The van der Waals surface area contributed by atoms with Gasteiger partial charge in [-0.15, -0.1) is 10.2 Å². The summed E-state index contributed by atoms with van der Waals surface area (Å²) in [5.41, 5.74) is 2.04. The molecule has 0 bridgehead atoms. The van der Waals surface area contributed by atoms with Crippen LogP contribution in [-0.4, -0.2) is 55.9 Å². The van der Waals surface area contributed by atoms with Crippen molar-refractivity contribution in [3.8, 4) is 0 Å². The minimum atomic E-state index is -5.08. The Morgan fingerprint density at radius 3 is 2.28 bits per heavy atom. The number of anilines is 1. The van der Waals surface area contributed by atoms with E-state index in [9.17, 15) is 18.0 Å². The lowest BCUT2D eigenvalue weighted by Crippen LogP contribution is -2.31. The van der Waals surface area contributed by atoms with Crippen LogP contribution in [0.5, 0.6) is 0 Å². The van der Waals surface area contributed by atoms with E-state index in [1.807, 2.05) is 47.0 Å². The summed E-state index contributed by atoms with van der Waals surface area (Å²) in [4.78, 5) is 24.1. The molecular weight excluding hydrogens is 499 g/mol. The van der Waals surface area contributed by atoms with Gasteiger partial charge in [-0.2, -0.15) is 13.2 Å². The minimum absolute atomic E-state index is 0.204. The number of carbonyl (C=O) groups is 2. The number of aromatic nitrogens is 3. The van der Waals surface area contributed by atoms with Gasteiger partial charge >= 0.3 is 12.1 Å². The molecule has 3 aromatic rings. The van der Waals surface area contributed by atoms with E-state index in [0.29, 0.717) is 17.7 Å². The van der Waals surface area contributed by atoms with Crippen LogP contribution in [0.1, 0.15) is 22.0 Å². The zero-order valence-electron chi connectivity index (χ0n) is 19.0. The van der Waals surface area contributed by atoms with E-state index in [4.69, 9.17) is 21.5 Å². The number of likely N-dealkylation sites (tertiary alicyclic amines) is 1. The van der Waals surface area contributed by atoms with Gasteiger partial charge in [0, 0.05) is 43.3 Å². The lowest BCUT2D eigenvalue weighted by molar-refractivity contribution is -0.192. The van der Waals surface area contributed by atoms with E-state index in [-0.39, 0.29) is 5.91 Å². The van der Waals surface area contributed by atoms with E-state index in [0.717, 1.165) is 49.1 Å². The van der Waals surface area contributed by atoms with Crippen molar-refractivity contribution in [3.63, 3.8) is 0 Å². The Hall–Kier alpha value is -3.44. The molecule has 0 aliphatic carbocycles. The average Bonchev–Trinajstić information content (AvgIpc) is 3.42. The van der Waals surface area contributed by atoms with Crippen molar-refractivity contribution >= 4 is 29.2 Å². The molecule has 8 nitrogen and oxygen atoms in total.